The zero-order valence-electron chi connectivity index (χ0n) is 19.1. The topological polar surface area (TPSA) is 77.1 Å². The molecular formula is C27H28N2O5. The Morgan fingerprint density at radius 2 is 1.62 bits per heavy atom. The summed E-state index contributed by atoms with van der Waals surface area (Å²) in [7, 11) is 0. The van der Waals surface area contributed by atoms with Crippen molar-refractivity contribution in [2.75, 3.05) is 36.5 Å². The zero-order valence-corrected chi connectivity index (χ0v) is 19.1. The van der Waals surface area contributed by atoms with Crippen molar-refractivity contribution < 1.29 is 23.8 Å². The number of benzene rings is 3. The third kappa shape index (κ3) is 6.14. The van der Waals surface area contributed by atoms with Gasteiger partial charge in [0.05, 0.1) is 18.8 Å². The van der Waals surface area contributed by atoms with Crippen LogP contribution < -0.4 is 15.0 Å². The van der Waals surface area contributed by atoms with Crippen LogP contribution in [0.5, 0.6) is 5.75 Å². The normalized spacial score (nSPS) is 14.2. The molecular weight excluding hydrogens is 432 g/mol. The van der Waals surface area contributed by atoms with Crippen molar-refractivity contribution in [3.05, 3.63) is 90.0 Å². The van der Waals surface area contributed by atoms with Crippen LogP contribution in [0.4, 0.5) is 11.4 Å². The molecule has 7 nitrogen and oxygen atoms in total. The second kappa shape index (κ2) is 11.3. The van der Waals surface area contributed by atoms with E-state index in [0.29, 0.717) is 35.8 Å². The third-order valence-electron chi connectivity index (χ3n) is 5.54. The predicted octanol–water partition coefficient (Wildman–Crippen LogP) is 4.29. The molecule has 0 spiro atoms. The van der Waals surface area contributed by atoms with Crippen molar-refractivity contribution in [3.63, 3.8) is 0 Å². The van der Waals surface area contributed by atoms with Crippen LogP contribution in [0.2, 0.25) is 0 Å². The predicted molar refractivity (Wildman–Crippen MR) is 130 cm³/mol. The Morgan fingerprint density at radius 3 is 2.35 bits per heavy atom. The standard InChI is InChI=1S/C27H28N2O5/c1-20(26(30)28-22-11-13-23(14-12-22)29-15-17-32-18-16-29)34-27(31)25-10-6-5-7-21(25)19-33-24-8-3-2-4-9-24/h2-14,20H,15-19H2,1H3,(H,28,30). The van der Waals surface area contributed by atoms with Gasteiger partial charge in [0.1, 0.15) is 12.4 Å². The molecule has 176 valence electrons. The first-order valence-electron chi connectivity index (χ1n) is 11.3. The number of nitrogens with one attached hydrogen (secondary N) is 1. The van der Waals surface area contributed by atoms with Gasteiger partial charge in [-0.05, 0) is 49.4 Å². The SMILES string of the molecule is CC(OC(=O)c1ccccc1COc1ccccc1)C(=O)Nc1ccc(N2CCOCC2)cc1. The Balaban J connectivity index is 1.33. The maximum atomic E-state index is 12.8. The number of anilines is 2. The minimum absolute atomic E-state index is 0.214. The van der Waals surface area contributed by atoms with Gasteiger partial charge in [-0.15, -0.1) is 0 Å². The van der Waals surface area contributed by atoms with Crippen molar-refractivity contribution in [2.45, 2.75) is 19.6 Å². The van der Waals surface area contributed by atoms with E-state index in [1.807, 2.05) is 60.7 Å². The van der Waals surface area contributed by atoms with Crippen LogP contribution in [0.1, 0.15) is 22.8 Å². The Hall–Kier alpha value is -3.84. The second-order valence-corrected chi connectivity index (χ2v) is 7.94. The number of carbonyl (C=O) groups is 2. The summed E-state index contributed by atoms with van der Waals surface area (Å²) in [6, 6.07) is 24.0. The average molecular weight is 461 g/mol. The van der Waals surface area contributed by atoms with Crippen LogP contribution >= 0.6 is 0 Å². The zero-order chi connectivity index (χ0) is 23.8. The summed E-state index contributed by atoms with van der Waals surface area (Å²) < 4.78 is 16.6. The fourth-order valence-corrected chi connectivity index (χ4v) is 3.62. The first kappa shape index (κ1) is 23.3. The Morgan fingerprint density at radius 1 is 0.941 bits per heavy atom. The monoisotopic (exact) mass is 460 g/mol. The van der Waals surface area contributed by atoms with Crippen molar-refractivity contribution in [2.24, 2.45) is 0 Å². The molecule has 1 aliphatic rings. The molecule has 34 heavy (non-hydrogen) atoms. The van der Waals surface area contributed by atoms with Gasteiger partial charge >= 0.3 is 5.97 Å². The van der Waals surface area contributed by atoms with Gasteiger partial charge in [0.15, 0.2) is 6.10 Å². The molecule has 1 heterocycles. The van der Waals surface area contributed by atoms with Crippen LogP contribution in [0.15, 0.2) is 78.9 Å². The third-order valence-corrected chi connectivity index (χ3v) is 5.54. The van der Waals surface area contributed by atoms with E-state index in [0.717, 1.165) is 18.8 Å². The highest BCUT2D eigenvalue weighted by Gasteiger charge is 2.21. The van der Waals surface area contributed by atoms with E-state index < -0.39 is 18.0 Å². The number of carbonyl (C=O) groups excluding carboxylic acids is 2. The molecule has 0 aliphatic carbocycles. The molecule has 7 heteroatoms. The molecule has 1 saturated heterocycles. The number of amides is 1. The maximum Gasteiger partial charge on any atom is 0.339 e. The summed E-state index contributed by atoms with van der Waals surface area (Å²) in [6.45, 7) is 4.88. The fourth-order valence-electron chi connectivity index (χ4n) is 3.62. The van der Waals surface area contributed by atoms with E-state index in [2.05, 4.69) is 10.2 Å². The number of esters is 1. The van der Waals surface area contributed by atoms with Crippen molar-refractivity contribution in [1.82, 2.24) is 0 Å². The quantitative estimate of drug-likeness (QED) is 0.506. The number of hydrogen-bond acceptors (Lipinski definition) is 6. The largest absolute Gasteiger partial charge is 0.489 e. The van der Waals surface area contributed by atoms with Gasteiger partial charge in [-0.1, -0.05) is 36.4 Å². The summed E-state index contributed by atoms with van der Waals surface area (Å²) in [5.41, 5.74) is 2.77. The number of ether oxygens (including phenoxy) is 3. The molecule has 1 atom stereocenters. The molecule has 1 fully saturated rings. The highest BCUT2D eigenvalue weighted by molar-refractivity contribution is 5.97. The van der Waals surface area contributed by atoms with Gasteiger partial charge < -0.3 is 24.4 Å². The minimum Gasteiger partial charge on any atom is -0.489 e. The lowest BCUT2D eigenvalue weighted by atomic mass is 10.1. The number of rotatable bonds is 8. The molecule has 4 rings (SSSR count). The van der Waals surface area contributed by atoms with Gasteiger partial charge in [0.25, 0.3) is 5.91 Å². The molecule has 0 radical (unpaired) electrons. The number of para-hydroxylation sites is 1. The average Bonchev–Trinajstić information content (AvgIpc) is 2.89. The van der Waals surface area contributed by atoms with Gasteiger partial charge in [0.2, 0.25) is 0 Å². The van der Waals surface area contributed by atoms with Crippen LogP contribution in [0.25, 0.3) is 0 Å². The summed E-state index contributed by atoms with van der Waals surface area (Å²) in [5, 5.41) is 2.81. The molecule has 3 aromatic rings. The molecule has 0 saturated carbocycles. The lowest BCUT2D eigenvalue weighted by Gasteiger charge is -2.28. The first-order valence-corrected chi connectivity index (χ1v) is 11.3. The number of hydrogen-bond donors (Lipinski definition) is 1. The van der Waals surface area contributed by atoms with Crippen LogP contribution in [0.3, 0.4) is 0 Å². The second-order valence-electron chi connectivity index (χ2n) is 7.94. The van der Waals surface area contributed by atoms with Crippen LogP contribution in [-0.4, -0.2) is 44.3 Å². The Kier molecular flexibility index (Phi) is 7.78. The van der Waals surface area contributed by atoms with E-state index in [1.165, 1.54) is 0 Å². The van der Waals surface area contributed by atoms with E-state index in [9.17, 15) is 9.59 Å². The van der Waals surface area contributed by atoms with Gasteiger partial charge in [-0.25, -0.2) is 4.79 Å². The van der Waals surface area contributed by atoms with Gasteiger partial charge in [0, 0.05) is 30.0 Å². The summed E-state index contributed by atoms with van der Waals surface area (Å²) >= 11 is 0. The molecule has 3 aromatic carbocycles. The van der Waals surface area contributed by atoms with Crippen LogP contribution in [-0.2, 0) is 20.9 Å². The van der Waals surface area contributed by atoms with E-state index in [4.69, 9.17) is 14.2 Å². The minimum atomic E-state index is -0.963. The first-order chi connectivity index (χ1) is 16.6. The Labute approximate surface area is 199 Å². The van der Waals surface area contributed by atoms with Crippen molar-refractivity contribution in [1.29, 1.82) is 0 Å². The lowest BCUT2D eigenvalue weighted by molar-refractivity contribution is -0.123. The maximum absolute atomic E-state index is 12.8. The highest BCUT2D eigenvalue weighted by Crippen LogP contribution is 2.20. The van der Waals surface area contributed by atoms with Crippen molar-refractivity contribution in [3.8, 4) is 5.75 Å². The highest BCUT2D eigenvalue weighted by atomic mass is 16.5. The lowest BCUT2D eigenvalue weighted by Crippen LogP contribution is -2.36. The van der Waals surface area contributed by atoms with Crippen LogP contribution in [0, 0.1) is 0 Å². The Bertz CT molecular complexity index is 1100. The van der Waals surface area contributed by atoms with Gasteiger partial charge in [-0.2, -0.15) is 0 Å². The number of nitrogens with zero attached hydrogens (tertiary/aromatic N) is 1. The number of morpholine rings is 1. The van der Waals surface area contributed by atoms with Gasteiger partial charge in [-0.3, -0.25) is 4.79 Å². The summed E-state index contributed by atoms with van der Waals surface area (Å²) in [6.07, 6.45) is -0.963. The van der Waals surface area contributed by atoms with E-state index in [1.54, 1.807) is 25.1 Å². The summed E-state index contributed by atoms with van der Waals surface area (Å²) in [5.74, 6) is -0.263. The summed E-state index contributed by atoms with van der Waals surface area (Å²) in [4.78, 5) is 27.6. The smallest absolute Gasteiger partial charge is 0.339 e. The molecule has 1 aliphatic heterocycles. The molecule has 1 N–H and O–H groups in total. The fraction of sp³-hybridized carbons (Fsp3) is 0.259. The molecule has 1 amide bonds. The molecule has 0 bridgehead atoms. The van der Waals surface area contributed by atoms with E-state index in [-0.39, 0.29) is 6.61 Å². The van der Waals surface area contributed by atoms with E-state index >= 15 is 0 Å². The molecule has 1 unspecified atom stereocenters. The van der Waals surface area contributed by atoms with Crippen molar-refractivity contribution >= 4 is 23.3 Å². The molecule has 0 aromatic heterocycles.